The van der Waals surface area contributed by atoms with Gasteiger partial charge in [0.15, 0.2) is 0 Å². The normalized spacial score (nSPS) is 20.2. The largest absolute Gasteiger partial charge is 0.299 e. The molecule has 1 fully saturated rings. The lowest BCUT2D eigenvalue weighted by Gasteiger charge is -2.38. The second-order valence-corrected chi connectivity index (χ2v) is 7.33. The van der Waals surface area contributed by atoms with Gasteiger partial charge in [-0.1, -0.05) is 25.1 Å². The highest BCUT2D eigenvalue weighted by Gasteiger charge is 2.29. The van der Waals surface area contributed by atoms with E-state index in [9.17, 15) is 4.21 Å². The Morgan fingerprint density at radius 3 is 2.60 bits per heavy atom. The fourth-order valence-electron chi connectivity index (χ4n) is 2.77. The van der Waals surface area contributed by atoms with E-state index in [4.69, 9.17) is 5.26 Å². The van der Waals surface area contributed by atoms with Crippen LogP contribution in [0.25, 0.3) is 0 Å². The third-order valence-electron chi connectivity index (χ3n) is 4.25. The van der Waals surface area contributed by atoms with Crippen molar-refractivity contribution < 1.29 is 4.21 Å². The molecule has 0 radical (unpaired) electrons. The fraction of sp³-hybridized carbons (Fsp3) is 0.562. The number of nitriles is 1. The van der Waals surface area contributed by atoms with Crippen LogP contribution in [0.2, 0.25) is 0 Å². The quantitative estimate of drug-likeness (QED) is 0.856. The van der Waals surface area contributed by atoms with E-state index in [1.165, 1.54) is 0 Å². The first kappa shape index (κ1) is 15.2. The molecule has 0 amide bonds. The van der Waals surface area contributed by atoms with Crippen molar-refractivity contribution in [1.82, 2.24) is 4.90 Å². The molecule has 0 aromatic heterocycles. The third-order valence-corrected chi connectivity index (χ3v) is 5.26. The summed E-state index contributed by atoms with van der Waals surface area (Å²) in [5.74, 6) is 0. The number of hydrogen-bond acceptors (Lipinski definition) is 3. The molecule has 3 nitrogen and oxygen atoms in total. The monoisotopic (exact) mass is 290 g/mol. The standard InChI is InChI=1S/C16H22N2OS/c1-16(7-10-17)8-11-18(12-9-16)13-14-5-3-4-6-15(14)20(2)19/h3-6H,7-9,11-13H2,1-2H3. The van der Waals surface area contributed by atoms with Gasteiger partial charge in [-0.15, -0.1) is 0 Å². The minimum Gasteiger partial charge on any atom is -0.299 e. The molecular weight excluding hydrogens is 268 g/mol. The molecule has 0 N–H and O–H groups in total. The molecule has 1 heterocycles. The van der Waals surface area contributed by atoms with Crippen molar-refractivity contribution in [3.63, 3.8) is 0 Å². The van der Waals surface area contributed by atoms with E-state index in [1.54, 1.807) is 6.26 Å². The highest BCUT2D eigenvalue weighted by molar-refractivity contribution is 7.84. The summed E-state index contributed by atoms with van der Waals surface area (Å²) in [6, 6.07) is 10.3. The number of rotatable bonds is 4. The van der Waals surface area contributed by atoms with E-state index < -0.39 is 10.8 Å². The Bertz CT molecular complexity index is 528. The molecule has 0 aliphatic carbocycles. The van der Waals surface area contributed by atoms with Crippen LogP contribution >= 0.6 is 0 Å². The Kier molecular flexibility index (Phi) is 4.95. The Hall–Kier alpha value is -1.18. The maximum absolute atomic E-state index is 11.8. The Balaban J connectivity index is 2.00. The number of nitrogens with zero attached hydrogens (tertiary/aromatic N) is 2. The summed E-state index contributed by atoms with van der Waals surface area (Å²) in [6.07, 6.45) is 4.52. The van der Waals surface area contributed by atoms with E-state index >= 15 is 0 Å². The minimum atomic E-state index is -0.933. The smallest absolute Gasteiger partial charge is 0.0627 e. The van der Waals surface area contributed by atoms with Gasteiger partial charge in [0.25, 0.3) is 0 Å². The number of benzene rings is 1. The van der Waals surface area contributed by atoms with Crippen molar-refractivity contribution in [3.05, 3.63) is 29.8 Å². The van der Waals surface area contributed by atoms with Crippen LogP contribution in [0.15, 0.2) is 29.2 Å². The zero-order valence-corrected chi connectivity index (χ0v) is 13.1. The summed E-state index contributed by atoms with van der Waals surface area (Å²) in [7, 11) is -0.933. The second kappa shape index (κ2) is 6.51. The van der Waals surface area contributed by atoms with Gasteiger partial charge in [-0.2, -0.15) is 5.26 Å². The second-order valence-electron chi connectivity index (χ2n) is 5.98. The molecule has 1 aliphatic heterocycles. The van der Waals surface area contributed by atoms with E-state index in [0.717, 1.165) is 42.9 Å². The molecule has 1 atom stereocenters. The van der Waals surface area contributed by atoms with Crippen molar-refractivity contribution in [2.75, 3.05) is 19.3 Å². The molecule has 2 rings (SSSR count). The number of hydrogen-bond donors (Lipinski definition) is 0. The Morgan fingerprint density at radius 1 is 1.35 bits per heavy atom. The summed E-state index contributed by atoms with van der Waals surface area (Å²) in [6.45, 7) is 5.10. The minimum absolute atomic E-state index is 0.179. The zero-order valence-electron chi connectivity index (χ0n) is 12.3. The van der Waals surface area contributed by atoms with Gasteiger partial charge >= 0.3 is 0 Å². The van der Waals surface area contributed by atoms with Crippen molar-refractivity contribution in [3.8, 4) is 6.07 Å². The summed E-state index contributed by atoms with van der Waals surface area (Å²) in [5, 5.41) is 8.88. The van der Waals surface area contributed by atoms with Gasteiger partial charge in [0.1, 0.15) is 0 Å². The van der Waals surface area contributed by atoms with Crippen LogP contribution in [0.5, 0.6) is 0 Å². The maximum Gasteiger partial charge on any atom is 0.0627 e. The number of piperidine rings is 1. The summed E-state index contributed by atoms with van der Waals surface area (Å²) >= 11 is 0. The maximum atomic E-state index is 11.8. The molecule has 4 heteroatoms. The Morgan fingerprint density at radius 2 is 2.00 bits per heavy atom. The highest BCUT2D eigenvalue weighted by Crippen LogP contribution is 2.34. The van der Waals surface area contributed by atoms with Crippen LogP contribution in [-0.4, -0.2) is 28.5 Å². The first-order chi connectivity index (χ1) is 9.54. The SMILES string of the molecule is CS(=O)c1ccccc1CN1CCC(C)(CC#N)CC1. The summed E-state index contributed by atoms with van der Waals surface area (Å²) in [5.41, 5.74) is 1.34. The van der Waals surface area contributed by atoms with Gasteiger partial charge in [-0.05, 0) is 43.0 Å². The van der Waals surface area contributed by atoms with Crippen LogP contribution in [0.1, 0.15) is 31.7 Å². The van der Waals surface area contributed by atoms with Crippen molar-refractivity contribution in [2.45, 2.75) is 37.6 Å². The van der Waals surface area contributed by atoms with Gasteiger partial charge < -0.3 is 0 Å². The fourth-order valence-corrected chi connectivity index (χ4v) is 3.55. The van der Waals surface area contributed by atoms with E-state index in [-0.39, 0.29) is 5.41 Å². The molecular formula is C16H22N2OS. The van der Waals surface area contributed by atoms with Crippen LogP contribution in [0.4, 0.5) is 0 Å². The van der Waals surface area contributed by atoms with Crippen LogP contribution in [0, 0.1) is 16.7 Å². The average molecular weight is 290 g/mol. The molecule has 0 saturated carbocycles. The summed E-state index contributed by atoms with van der Waals surface area (Å²) in [4.78, 5) is 3.35. The lowest BCUT2D eigenvalue weighted by molar-refractivity contribution is 0.116. The third kappa shape index (κ3) is 3.68. The van der Waals surface area contributed by atoms with Gasteiger partial charge in [0, 0.05) is 24.1 Å². The molecule has 108 valence electrons. The molecule has 1 saturated heterocycles. The van der Waals surface area contributed by atoms with Crippen molar-refractivity contribution >= 4 is 10.8 Å². The lowest BCUT2D eigenvalue weighted by Crippen LogP contribution is -2.38. The van der Waals surface area contributed by atoms with Crippen molar-refractivity contribution in [1.29, 1.82) is 5.26 Å². The predicted octanol–water partition coefficient (Wildman–Crippen LogP) is 2.94. The molecule has 1 aromatic rings. The van der Waals surface area contributed by atoms with Gasteiger partial charge in [-0.25, -0.2) is 0 Å². The number of likely N-dealkylation sites (tertiary alicyclic amines) is 1. The molecule has 20 heavy (non-hydrogen) atoms. The Labute approximate surface area is 124 Å². The van der Waals surface area contributed by atoms with E-state index in [0.29, 0.717) is 6.42 Å². The highest BCUT2D eigenvalue weighted by atomic mass is 32.2. The zero-order chi connectivity index (χ0) is 14.6. The average Bonchev–Trinajstić information content (AvgIpc) is 2.42. The van der Waals surface area contributed by atoms with Crippen molar-refractivity contribution in [2.24, 2.45) is 5.41 Å². The molecule has 1 aliphatic rings. The lowest BCUT2D eigenvalue weighted by atomic mass is 9.78. The topological polar surface area (TPSA) is 44.1 Å². The van der Waals surface area contributed by atoms with Gasteiger partial charge in [0.2, 0.25) is 0 Å². The molecule has 0 spiro atoms. The van der Waals surface area contributed by atoms with Crippen LogP contribution in [-0.2, 0) is 17.3 Å². The predicted molar refractivity (Wildman–Crippen MR) is 81.6 cm³/mol. The van der Waals surface area contributed by atoms with Crippen LogP contribution < -0.4 is 0 Å². The van der Waals surface area contributed by atoms with E-state index in [2.05, 4.69) is 24.0 Å². The van der Waals surface area contributed by atoms with E-state index in [1.807, 2.05) is 18.2 Å². The summed E-state index contributed by atoms with van der Waals surface area (Å²) < 4.78 is 11.8. The first-order valence-corrected chi connectivity index (χ1v) is 8.60. The van der Waals surface area contributed by atoms with Gasteiger partial charge in [-0.3, -0.25) is 9.11 Å². The van der Waals surface area contributed by atoms with Crippen LogP contribution in [0.3, 0.4) is 0 Å². The molecule has 1 aromatic carbocycles. The first-order valence-electron chi connectivity index (χ1n) is 7.05. The molecule has 1 unspecified atom stereocenters. The molecule has 0 bridgehead atoms. The van der Waals surface area contributed by atoms with Gasteiger partial charge in [0.05, 0.1) is 16.9 Å².